The van der Waals surface area contributed by atoms with Crippen molar-refractivity contribution in [1.29, 1.82) is 0 Å². The van der Waals surface area contributed by atoms with Crippen LogP contribution in [0.3, 0.4) is 0 Å². The molecule has 0 saturated carbocycles. The number of benzene rings is 1. The van der Waals surface area contributed by atoms with Crippen LogP contribution in [0.1, 0.15) is 38.1 Å². The van der Waals surface area contributed by atoms with Crippen LogP contribution in [0, 0.1) is 0 Å². The maximum Gasteiger partial charge on any atom is 0.265 e. The predicted octanol–water partition coefficient (Wildman–Crippen LogP) is 2.61. The number of anilines is 2. The lowest BCUT2D eigenvalue weighted by Gasteiger charge is -2.24. The highest BCUT2D eigenvalue weighted by Gasteiger charge is 2.27. The number of nitrogens with one attached hydrogen (secondary N) is 2. The van der Waals surface area contributed by atoms with Crippen LogP contribution in [-0.2, 0) is 10.3 Å². The maximum atomic E-state index is 12.6. The Morgan fingerprint density at radius 1 is 1.38 bits per heavy atom. The summed E-state index contributed by atoms with van der Waals surface area (Å²) in [6, 6.07) is 5.06. The largest absolute Gasteiger partial charge is 0.478 e. The van der Waals surface area contributed by atoms with Crippen LogP contribution in [0.25, 0.3) is 0 Å². The molecule has 0 unspecified atom stereocenters. The van der Waals surface area contributed by atoms with Gasteiger partial charge in [-0.3, -0.25) is 14.3 Å². The van der Waals surface area contributed by atoms with E-state index in [1.807, 2.05) is 20.8 Å². The Labute approximate surface area is 140 Å². The molecule has 0 aliphatic carbocycles. The van der Waals surface area contributed by atoms with Gasteiger partial charge in [0.1, 0.15) is 0 Å². The zero-order valence-electron chi connectivity index (χ0n) is 14.1. The molecule has 2 heterocycles. The summed E-state index contributed by atoms with van der Waals surface area (Å²) < 4.78 is 7.38. The fourth-order valence-corrected chi connectivity index (χ4v) is 2.36. The standard InChI is InChI=1S/C17H20N4O3/c1-10-15(22)20-13-7-5-6-12(14(13)24-10)16(23)19-11-8-18-21(9-11)17(2,3)4/h5-10H,1-4H3,(H,19,23)(H,20,22)/t10-/m0/s1. The minimum absolute atomic E-state index is 0.169. The fraction of sp³-hybridized carbons (Fsp3) is 0.353. The molecule has 24 heavy (non-hydrogen) atoms. The van der Waals surface area contributed by atoms with Gasteiger partial charge in [-0.1, -0.05) is 6.07 Å². The number of para-hydroxylation sites is 1. The Bertz CT molecular complexity index is 804. The van der Waals surface area contributed by atoms with E-state index in [4.69, 9.17) is 4.74 Å². The number of carbonyl (C=O) groups is 2. The molecule has 0 saturated heterocycles. The smallest absolute Gasteiger partial charge is 0.265 e. The van der Waals surface area contributed by atoms with Gasteiger partial charge < -0.3 is 15.4 Å². The molecule has 7 heteroatoms. The van der Waals surface area contributed by atoms with Gasteiger partial charge in [0.25, 0.3) is 11.8 Å². The van der Waals surface area contributed by atoms with Gasteiger partial charge in [0.2, 0.25) is 0 Å². The van der Waals surface area contributed by atoms with Crippen LogP contribution in [0.15, 0.2) is 30.6 Å². The van der Waals surface area contributed by atoms with E-state index in [0.29, 0.717) is 22.7 Å². The number of hydrogen-bond donors (Lipinski definition) is 2. The molecule has 0 radical (unpaired) electrons. The first-order valence-electron chi connectivity index (χ1n) is 7.73. The van der Waals surface area contributed by atoms with Crippen molar-refractivity contribution in [1.82, 2.24) is 9.78 Å². The topological polar surface area (TPSA) is 85.2 Å². The van der Waals surface area contributed by atoms with Crippen molar-refractivity contribution in [3.05, 3.63) is 36.2 Å². The molecule has 3 rings (SSSR count). The Balaban J connectivity index is 1.85. The van der Waals surface area contributed by atoms with Crippen LogP contribution in [0.5, 0.6) is 5.75 Å². The SMILES string of the molecule is C[C@@H]1Oc2c(cccc2C(=O)Nc2cnn(C(C)(C)C)c2)NC1=O. The number of ether oxygens (including phenoxy) is 1. The fourth-order valence-electron chi connectivity index (χ4n) is 2.36. The average Bonchev–Trinajstić information content (AvgIpc) is 2.96. The normalized spacial score (nSPS) is 16.8. The monoisotopic (exact) mass is 328 g/mol. The molecule has 1 aromatic carbocycles. The summed E-state index contributed by atoms with van der Waals surface area (Å²) in [4.78, 5) is 24.3. The number of hydrogen-bond acceptors (Lipinski definition) is 4. The van der Waals surface area contributed by atoms with E-state index >= 15 is 0 Å². The molecule has 2 amide bonds. The quantitative estimate of drug-likeness (QED) is 0.887. The van der Waals surface area contributed by atoms with Crippen molar-refractivity contribution in [3.63, 3.8) is 0 Å². The lowest BCUT2D eigenvalue weighted by Crippen LogP contribution is -2.35. The number of fused-ring (bicyclic) bond motifs is 1. The molecule has 126 valence electrons. The lowest BCUT2D eigenvalue weighted by atomic mass is 10.1. The number of aromatic nitrogens is 2. The van der Waals surface area contributed by atoms with E-state index in [1.54, 1.807) is 42.2 Å². The molecular weight excluding hydrogens is 308 g/mol. The average molecular weight is 328 g/mol. The highest BCUT2D eigenvalue weighted by atomic mass is 16.5. The molecule has 2 N–H and O–H groups in total. The second kappa shape index (κ2) is 5.67. The van der Waals surface area contributed by atoms with E-state index < -0.39 is 6.10 Å². The third kappa shape index (κ3) is 2.97. The van der Waals surface area contributed by atoms with Crippen LogP contribution in [0.4, 0.5) is 11.4 Å². The molecule has 1 aliphatic heterocycles. The van der Waals surface area contributed by atoms with Crippen molar-refractivity contribution < 1.29 is 14.3 Å². The van der Waals surface area contributed by atoms with E-state index in [0.717, 1.165) is 0 Å². The first kappa shape index (κ1) is 16.0. The summed E-state index contributed by atoms with van der Waals surface area (Å²) in [6.07, 6.45) is 2.73. The minimum atomic E-state index is -0.643. The predicted molar refractivity (Wildman–Crippen MR) is 90.3 cm³/mol. The minimum Gasteiger partial charge on any atom is -0.478 e. The molecule has 0 bridgehead atoms. The van der Waals surface area contributed by atoms with Crippen LogP contribution >= 0.6 is 0 Å². The molecule has 1 aliphatic rings. The second-order valence-corrected chi connectivity index (χ2v) is 6.73. The Morgan fingerprint density at radius 2 is 2.12 bits per heavy atom. The van der Waals surface area contributed by atoms with E-state index in [2.05, 4.69) is 15.7 Å². The molecule has 2 aromatic rings. The maximum absolute atomic E-state index is 12.6. The van der Waals surface area contributed by atoms with Crippen molar-refractivity contribution in [2.45, 2.75) is 39.3 Å². The summed E-state index contributed by atoms with van der Waals surface area (Å²) in [5.74, 6) is -0.166. The van der Waals surface area contributed by atoms with Crippen molar-refractivity contribution in [2.24, 2.45) is 0 Å². The molecule has 0 fully saturated rings. The summed E-state index contributed by atoms with van der Waals surface area (Å²) in [6.45, 7) is 7.71. The van der Waals surface area contributed by atoms with Crippen LogP contribution in [0.2, 0.25) is 0 Å². The van der Waals surface area contributed by atoms with Gasteiger partial charge in [-0.25, -0.2) is 0 Å². The van der Waals surface area contributed by atoms with E-state index in [1.165, 1.54) is 0 Å². The van der Waals surface area contributed by atoms with Gasteiger partial charge in [0, 0.05) is 6.20 Å². The van der Waals surface area contributed by atoms with Gasteiger partial charge in [-0.05, 0) is 39.8 Å². The molecule has 1 atom stereocenters. The molecule has 1 aromatic heterocycles. The zero-order valence-corrected chi connectivity index (χ0v) is 14.1. The molecular formula is C17H20N4O3. The van der Waals surface area contributed by atoms with Crippen molar-refractivity contribution in [2.75, 3.05) is 10.6 Å². The summed E-state index contributed by atoms with van der Waals surface area (Å²) >= 11 is 0. The van der Waals surface area contributed by atoms with Gasteiger partial charge in [0.05, 0.1) is 28.7 Å². The van der Waals surface area contributed by atoms with E-state index in [-0.39, 0.29) is 17.4 Å². The van der Waals surface area contributed by atoms with Gasteiger partial charge in [-0.15, -0.1) is 0 Å². The van der Waals surface area contributed by atoms with Crippen LogP contribution < -0.4 is 15.4 Å². The lowest BCUT2D eigenvalue weighted by molar-refractivity contribution is -0.122. The number of amides is 2. The van der Waals surface area contributed by atoms with Gasteiger partial charge in [-0.2, -0.15) is 5.10 Å². The molecule has 7 nitrogen and oxygen atoms in total. The summed E-state index contributed by atoms with van der Waals surface area (Å²) in [5, 5.41) is 9.80. The van der Waals surface area contributed by atoms with E-state index in [9.17, 15) is 9.59 Å². The number of nitrogens with zero attached hydrogens (tertiary/aromatic N) is 2. The van der Waals surface area contributed by atoms with Crippen molar-refractivity contribution >= 4 is 23.2 Å². The number of carbonyl (C=O) groups excluding carboxylic acids is 2. The Hall–Kier alpha value is -2.83. The summed E-state index contributed by atoms with van der Waals surface area (Å²) in [7, 11) is 0. The Kier molecular flexibility index (Phi) is 3.79. The first-order valence-corrected chi connectivity index (χ1v) is 7.73. The Morgan fingerprint density at radius 3 is 2.79 bits per heavy atom. The summed E-state index contributed by atoms with van der Waals surface area (Å²) in [5.41, 5.74) is 1.29. The third-order valence-electron chi connectivity index (χ3n) is 3.71. The zero-order chi connectivity index (χ0) is 17.5. The highest BCUT2D eigenvalue weighted by molar-refractivity contribution is 6.09. The highest BCUT2D eigenvalue weighted by Crippen LogP contribution is 2.33. The van der Waals surface area contributed by atoms with Crippen LogP contribution in [-0.4, -0.2) is 27.7 Å². The van der Waals surface area contributed by atoms with Gasteiger partial charge >= 0.3 is 0 Å². The van der Waals surface area contributed by atoms with Gasteiger partial charge in [0.15, 0.2) is 11.9 Å². The van der Waals surface area contributed by atoms with Crippen molar-refractivity contribution in [3.8, 4) is 5.75 Å². The molecule has 0 spiro atoms. The first-order chi connectivity index (χ1) is 11.3. The third-order valence-corrected chi connectivity index (χ3v) is 3.71. The number of rotatable bonds is 2. The second-order valence-electron chi connectivity index (χ2n) is 6.73.